The van der Waals surface area contributed by atoms with Gasteiger partial charge in [-0.15, -0.1) is 0 Å². The highest BCUT2D eigenvalue weighted by atomic mass is 35.5. The first-order chi connectivity index (χ1) is 14.3. The van der Waals surface area contributed by atoms with Gasteiger partial charge in [-0.3, -0.25) is 9.59 Å². The van der Waals surface area contributed by atoms with Crippen LogP contribution >= 0.6 is 11.6 Å². The highest BCUT2D eigenvalue weighted by Crippen LogP contribution is 2.20. The molecule has 1 heterocycles. The van der Waals surface area contributed by atoms with E-state index < -0.39 is 6.04 Å². The molecule has 8 heteroatoms. The maximum atomic E-state index is 12.6. The zero-order valence-electron chi connectivity index (χ0n) is 17.0. The minimum Gasteiger partial charge on any atom is -0.368 e. The first kappa shape index (κ1) is 21.6. The fourth-order valence-corrected chi connectivity index (χ4v) is 3.43. The second kappa shape index (κ2) is 9.63. The van der Waals surface area contributed by atoms with Crippen LogP contribution in [0.2, 0.25) is 5.02 Å². The molecule has 0 bridgehead atoms. The van der Waals surface area contributed by atoms with E-state index in [9.17, 15) is 14.4 Å². The molecule has 0 saturated carbocycles. The summed E-state index contributed by atoms with van der Waals surface area (Å²) in [5.41, 5.74) is 2.06. The number of piperazine rings is 1. The molecule has 1 saturated heterocycles. The number of hydrogen-bond donors (Lipinski definition) is 2. The van der Waals surface area contributed by atoms with Gasteiger partial charge in [-0.2, -0.15) is 0 Å². The summed E-state index contributed by atoms with van der Waals surface area (Å²) in [7, 11) is 0. The number of carbonyl (C=O) groups excluding carboxylic acids is 3. The van der Waals surface area contributed by atoms with E-state index in [1.165, 1.54) is 6.92 Å². The van der Waals surface area contributed by atoms with E-state index in [0.29, 0.717) is 42.5 Å². The van der Waals surface area contributed by atoms with Crippen LogP contribution in [-0.2, 0) is 4.79 Å². The topological polar surface area (TPSA) is 81.8 Å². The molecule has 0 radical (unpaired) electrons. The summed E-state index contributed by atoms with van der Waals surface area (Å²) in [6.45, 7) is 5.57. The van der Waals surface area contributed by atoms with Crippen LogP contribution in [0.25, 0.3) is 0 Å². The molecule has 0 unspecified atom stereocenters. The van der Waals surface area contributed by atoms with Gasteiger partial charge in [0.1, 0.15) is 6.04 Å². The standard InChI is InChI=1S/C22H25ClN4O3/c1-15(21(29)25-19-7-3-5-17(13-19)16(2)28)24-22(30)27-11-9-26(10-12-27)20-8-4-6-18(23)14-20/h3-8,13-15H,9-12H2,1-2H3,(H,24,30)(H,25,29)/t15-/m1/s1. The number of benzene rings is 2. The van der Waals surface area contributed by atoms with Gasteiger partial charge in [-0.1, -0.05) is 29.8 Å². The van der Waals surface area contributed by atoms with Crippen molar-refractivity contribution in [2.75, 3.05) is 36.4 Å². The smallest absolute Gasteiger partial charge is 0.318 e. The molecular weight excluding hydrogens is 404 g/mol. The van der Waals surface area contributed by atoms with Gasteiger partial charge >= 0.3 is 6.03 Å². The average Bonchev–Trinajstić information content (AvgIpc) is 2.74. The number of nitrogens with one attached hydrogen (secondary N) is 2. The number of ketones is 1. The molecule has 1 atom stereocenters. The number of rotatable bonds is 5. The Balaban J connectivity index is 1.50. The Kier molecular flexibility index (Phi) is 6.95. The fourth-order valence-electron chi connectivity index (χ4n) is 3.25. The molecule has 2 aromatic carbocycles. The lowest BCUT2D eigenvalue weighted by Crippen LogP contribution is -2.54. The lowest BCUT2D eigenvalue weighted by Gasteiger charge is -2.36. The summed E-state index contributed by atoms with van der Waals surface area (Å²) in [5, 5.41) is 6.15. The highest BCUT2D eigenvalue weighted by Gasteiger charge is 2.24. The molecule has 7 nitrogen and oxygen atoms in total. The molecule has 0 spiro atoms. The Morgan fingerprint density at radius 3 is 2.37 bits per heavy atom. The number of Topliss-reactive ketones (excluding diaryl/α,β-unsaturated/α-hetero) is 1. The molecule has 0 aliphatic carbocycles. The quantitative estimate of drug-likeness (QED) is 0.715. The van der Waals surface area contributed by atoms with Crippen LogP contribution in [0.1, 0.15) is 24.2 Å². The number of amides is 3. The van der Waals surface area contributed by atoms with Gasteiger partial charge in [-0.25, -0.2) is 4.79 Å². The van der Waals surface area contributed by atoms with Gasteiger partial charge in [0, 0.05) is 48.1 Å². The second-order valence-corrected chi connectivity index (χ2v) is 7.69. The molecule has 3 rings (SSSR count). The number of anilines is 2. The summed E-state index contributed by atoms with van der Waals surface area (Å²) in [4.78, 5) is 40.3. The van der Waals surface area contributed by atoms with Crippen molar-refractivity contribution in [1.82, 2.24) is 10.2 Å². The van der Waals surface area contributed by atoms with E-state index in [2.05, 4.69) is 15.5 Å². The minimum absolute atomic E-state index is 0.0793. The summed E-state index contributed by atoms with van der Waals surface area (Å²) in [5.74, 6) is -0.425. The van der Waals surface area contributed by atoms with Crippen LogP contribution in [0, 0.1) is 0 Å². The van der Waals surface area contributed by atoms with E-state index in [4.69, 9.17) is 11.6 Å². The zero-order valence-corrected chi connectivity index (χ0v) is 17.8. The lowest BCUT2D eigenvalue weighted by atomic mass is 10.1. The fraction of sp³-hybridized carbons (Fsp3) is 0.318. The van der Waals surface area contributed by atoms with Crippen LogP contribution in [-0.4, -0.2) is 54.8 Å². The van der Waals surface area contributed by atoms with Crippen LogP contribution < -0.4 is 15.5 Å². The van der Waals surface area contributed by atoms with E-state index in [1.807, 2.05) is 24.3 Å². The van der Waals surface area contributed by atoms with Crippen LogP contribution in [0.5, 0.6) is 0 Å². The van der Waals surface area contributed by atoms with Crippen LogP contribution in [0.4, 0.5) is 16.2 Å². The highest BCUT2D eigenvalue weighted by molar-refractivity contribution is 6.30. The first-order valence-corrected chi connectivity index (χ1v) is 10.2. The Hall–Kier alpha value is -3.06. The lowest BCUT2D eigenvalue weighted by molar-refractivity contribution is -0.117. The Morgan fingerprint density at radius 2 is 1.70 bits per heavy atom. The molecule has 2 N–H and O–H groups in total. The van der Waals surface area contributed by atoms with Crippen molar-refractivity contribution in [1.29, 1.82) is 0 Å². The maximum absolute atomic E-state index is 12.6. The van der Waals surface area contributed by atoms with Crippen molar-refractivity contribution in [2.24, 2.45) is 0 Å². The van der Waals surface area contributed by atoms with Crippen LogP contribution in [0.3, 0.4) is 0 Å². The Bertz CT molecular complexity index is 941. The van der Waals surface area contributed by atoms with E-state index in [-0.39, 0.29) is 17.7 Å². The van der Waals surface area contributed by atoms with Gasteiger partial charge in [0.05, 0.1) is 0 Å². The van der Waals surface area contributed by atoms with Crippen molar-refractivity contribution in [3.8, 4) is 0 Å². The summed E-state index contributed by atoms with van der Waals surface area (Å²) in [6.07, 6.45) is 0. The third-order valence-electron chi connectivity index (χ3n) is 5.01. The SMILES string of the molecule is CC(=O)c1cccc(NC(=O)[C@@H](C)NC(=O)N2CCN(c3cccc(Cl)c3)CC2)c1. The predicted molar refractivity (Wildman–Crippen MR) is 118 cm³/mol. The Labute approximate surface area is 181 Å². The molecule has 1 aliphatic rings. The van der Waals surface area contributed by atoms with Crippen molar-refractivity contribution in [3.63, 3.8) is 0 Å². The zero-order chi connectivity index (χ0) is 21.7. The number of nitrogens with zero attached hydrogens (tertiary/aromatic N) is 2. The van der Waals surface area contributed by atoms with E-state index in [1.54, 1.807) is 36.1 Å². The number of hydrogen-bond acceptors (Lipinski definition) is 4. The molecule has 0 aromatic heterocycles. The van der Waals surface area contributed by atoms with Gasteiger partial charge in [0.2, 0.25) is 5.91 Å². The van der Waals surface area contributed by atoms with Crippen molar-refractivity contribution in [3.05, 3.63) is 59.1 Å². The van der Waals surface area contributed by atoms with E-state index in [0.717, 1.165) is 5.69 Å². The minimum atomic E-state index is -0.718. The second-order valence-electron chi connectivity index (χ2n) is 7.25. The molecule has 1 fully saturated rings. The number of halogens is 1. The molecular formula is C22H25ClN4O3. The average molecular weight is 429 g/mol. The predicted octanol–water partition coefficient (Wildman–Crippen LogP) is 3.40. The molecule has 2 aromatic rings. The monoisotopic (exact) mass is 428 g/mol. The normalized spacial score (nSPS) is 14.8. The number of carbonyl (C=O) groups is 3. The number of urea groups is 1. The van der Waals surface area contributed by atoms with Crippen LogP contribution in [0.15, 0.2) is 48.5 Å². The van der Waals surface area contributed by atoms with Crippen molar-refractivity contribution in [2.45, 2.75) is 19.9 Å². The van der Waals surface area contributed by atoms with E-state index >= 15 is 0 Å². The Morgan fingerprint density at radius 1 is 1.00 bits per heavy atom. The molecule has 3 amide bonds. The van der Waals surface area contributed by atoms with Gasteiger partial charge in [0.15, 0.2) is 5.78 Å². The largest absolute Gasteiger partial charge is 0.368 e. The van der Waals surface area contributed by atoms with Crippen molar-refractivity contribution >= 4 is 40.7 Å². The first-order valence-electron chi connectivity index (χ1n) is 9.81. The summed E-state index contributed by atoms with van der Waals surface area (Å²) >= 11 is 6.06. The summed E-state index contributed by atoms with van der Waals surface area (Å²) in [6, 6.07) is 13.4. The van der Waals surface area contributed by atoms with Crippen molar-refractivity contribution < 1.29 is 14.4 Å². The molecule has 1 aliphatic heterocycles. The molecule has 158 valence electrons. The molecule has 30 heavy (non-hydrogen) atoms. The third kappa shape index (κ3) is 5.51. The van der Waals surface area contributed by atoms with Gasteiger partial charge in [-0.05, 0) is 44.2 Å². The summed E-state index contributed by atoms with van der Waals surface area (Å²) < 4.78 is 0. The van der Waals surface area contributed by atoms with Gasteiger partial charge in [0.25, 0.3) is 0 Å². The van der Waals surface area contributed by atoms with Gasteiger partial charge < -0.3 is 20.4 Å². The maximum Gasteiger partial charge on any atom is 0.318 e. The third-order valence-corrected chi connectivity index (χ3v) is 5.25.